The van der Waals surface area contributed by atoms with Gasteiger partial charge in [0, 0.05) is 0 Å². The zero-order valence-electron chi connectivity index (χ0n) is 11.7. The van der Waals surface area contributed by atoms with Crippen LogP contribution < -0.4 is 0 Å². The van der Waals surface area contributed by atoms with E-state index >= 15 is 0 Å². The van der Waals surface area contributed by atoms with Gasteiger partial charge in [0.25, 0.3) is 0 Å². The zero-order chi connectivity index (χ0) is 13.1. The summed E-state index contributed by atoms with van der Waals surface area (Å²) in [5.74, 6) is 0. The van der Waals surface area contributed by atoms with Crippen molar-refractivity contribution in [3.8, 4) is 0 Å². The number of hydrogen-bond acceptors (Lipinski definition) is 0. The molecular weight excluding hydrogens is 216 g/mol. The first-order valence-corrected chi connectivity index (χ1v) is 7.26. The molecule has 0 spiro atoms. The molecule has 0 aliphatic rings. The maximum absolute atomic E-state index is 3.84. The van der Waals surface area contributed by atoms with Crippen molar-refractivity contribution in [2.75, 3.05) is 0 Å². The Morgan fingerprint density at radius 3 is 2.33 bits per heavy atom. The van der Waals surface area contributed by atoms with Crippen molar-refractivity contribution in [2.45, 2.75) is 51.9 Å². The lowest BCUT2D eigenvalue weighted by atomic mass is 10.1. The van der Waals surface area contributed by atoms with Crippen LogP contribution in [0.15, 0.2) is 36.9 Å². The van der Waals surface area contributed by atoms with Crippen LogP contribution in [0, 0.1) is 0 Å². The van der Waals surface area contributed by atoms with Gasteiger partial charge in [-0.3, -0.25) is 0 Å². The maximum Gasteiger partial charge on any atom is -0.0187 e. The van der Waals surface area contributed by atoms with Gasteiger partial charge in [0.15, 0.2) is 0 Å². The highest BCUT2D eigenvalue weighted by molar-refractivity contribution is 5.64. The van der Waals surface area contributed by atoms with Gasteiger partial charge in [-0.2, -0.15) is 0 Å². The molecule has 0 nitrogen and oxygen atoms in total. The minimum Gasteiger partial charge on any atom is -0.0984 e. The molecule has 1 rings (SSSR count). The van der Waals surface area contributed by atoms with Gasteiger partial charge in [-0.15, -0.1) is 0 Å². The van der Waals surface area contributed by atoms with Gasteiger partial charge in [-0.05, 0) is 24.0 Å². The SMILES string of the molecule is C=Cc1ccccc1/C=C/CCCCCCCC. The average molecular weight is 242 g/mol. The molecule has 1 aromatic carbocycles. The van der Waals surface area contributed by atoms with Crippen LogP contribution in [0.5, 0.6) is 0 Å². The quantitative estimate of drug-likeness (QED) is 0.459. The summed E-state index contributed by atoms with van der Waals surface area (Å²) in [6.45, 7) is 6.11. The van der Waals surface area contributed by atoms with E-state index in [-0.39, 0.29) is 0 Å². The van der Waals surface area contributed by atoms with Gasteiger partial charge >= 0.3 is 0 Å². The van der Waals surface area contributed by atoms with Crippen LogP contribution in [-0.2, 0) is 0 Å². The topological polar surface area (TPSA) is 0 Å². The molecule has 1 aromatic rings. The summed E-state index contributed by atoms with van der Waals surface area (Å²) in [6, 6.07) is 8.39. The molecule has 0 aromatic heterocycles. The standard InChI is InChI=1S/C18H26/c1-3-5-6-7-8-9-10-11-15-18-16-13-12-14-17(18)4-2/h4,11-16H,2-3,5-10H2,1H3/b15-11+. The second-order valence-electron chi connectivity index (χ2n) is 4.79. The Bertz CT molecular complexity index is 360. The highest BCUT2D eigenvalue weighted by Crippen LogP contribution is 2.13. The summed E-state index contributed by atoms with van der Waals surface area (Å²) in [5, 5.41) is 0. The van der Waals surface area contributed by atoms with Crippen molar-refractivity contribution >= 4 is 12.2 Å². The molecule has 0 N–H and O–H groups in total. The second-order valence-corrected chi connectivity index (χ2v) is 4.79. The predicted molar refractivity (Wildman–Crippen MR) is 83.6 cm³/mol. The highest BCUT2D eigenvalue weighted by atomic mass is 14.0. The fourth-order valence-corrected chi connectivity index (χ4v) is 2.10. The number of benzene rings is 1. The smallest absolute Gasteiger partial charge is 0.0187 e. The summed E-state index contributed by atoms with van der Waals surface area (Å²) in [7, 11) is 0. The molecule has 0 saturated heterocycles. The molecule has 0 fully saturated rings. The highest BCUT2D eigenvalue weighted by Gasteiger charge is 1.92. The third-order valence-corrected chi connectivity index (χ3v) is 3.24. The molecule has 18 heavy (non-hydrogen) atoms. The van der Waals surface area contributed by atoms with Gasteiger partial charge < -0.3 is 0 Å². The van der Waals surface area contributed by atoms with Gasteiger partial charge in [-0.25, -0.2) is 0 Å². The summed E-state index contributed by atoms with van der Waals surface area (Å²) in [6.07, 6.45) is 15.8. The Labute approximate surface area is 112 Å². The molecule has 0 bridgehead atoms. The molecule has 0 aliphatic heterocycles. The van der Waals surface area contributed by atoms with Crippen LogP contribution in [0.4, 0.5) is 0 Å². The van der Waals surface area contributed by atoms with Crippen molar-refractivity contribution < 1.29 is 0 Å². The number of rotatable bonds is 9. The Morgan fingerprint density at radius 1 is 0.944 bits per heavy atom. The maximum atomic E-state index is 3.84. The Balaban J connectivity index is 2.22. The minimum absolute atomic E-state index is 1.19. The summed E-state index contributed by atoms with van der Waals surface area (Å²) in [5.41, 5.74) is 2.50. The largest absolute Gasteiger partial charge is 0.0984 e. The molecule has 0 heteroatoms. The Kier molecular flexibility index (Phi) is 7.96. The van der Waals surface area contributed by atoms with Crippen LogP contribution >= 0.6 is 0 Å². The van der Waals surface area contributed by atoms with E-state index in [4.69, 9.17) is 0 Å². The van der Waals surface area contributed by atoms with E-state index < -0.39 is 0 Å². The van der Waals surface area contributed by atoms with Crippen LogP contribution in [-0.4, -0.2) is 0 Å². The fourth-order valence-electron chi connectivity index (χ4n) is 2.10. The Hall–Kier alpha value is -1.30. The van der Waals surface area contributed by atoms with E-state index in [9.17, 15) is 0 Å². The first kappa shape index (κ1) is 14.8. The normalized spacial score (nSPS) is 10.9. The first-order valence-electron chi connectivity index (χ1n) is 7.26. The van der Waals surface area contributed by atoms with Crippen LogP contribution in [0.3, 0.4) is 0 Å². The lowest BCUT2D eigenvalue weighted by molar-refractivity contribution is 0.611. The monoisotopic (exact) mass is 242 g/mol. The van der Waals surface area contributed by atoms with E-state index in [1.807, 2.05) is 6.08 Å². The molecule has 0 saturated carbocycles. The molecular formula is C18H26. The Morgan fingerprint density at radius 2 is 1.61 bits per heavy atom. The van der Waals surface area contributed by atoms with Crippen LogP contribution in [0.1, 0.15) is 63.0 Å². The van der Waals surface area contributed by atoms with E-state index in [0.29, 0.717) is 0 Å². The summed E-state index contributed by atoms with van der Waals surface area (Å²) >= 11 is 0. The van der Waals surface area contributed by atoms with E-state index in [1.165, 1.54) is 56.1 Å². The summed E-state index contributed by atoms with van der Waals surface area (Å²) in [4.78, 5) is 0. The zero-order valence-corrected chi connectivity index (χ0v) is 11.7. The van der Waals surface area contributed by atoms with E-state index in [2.05, 4.69) is 49.9 Å². The predicted octanol–water partition coefficient (Wildman–Crippen LogP) is 6.09. The number of hydrogen-bond donors (Lipinski definition) is 0. The van der Waals surface area contributed by atoms with Gasteiger partial charge in [0.2, 0.25) is 0 Å². The third kappa shape index (κ3) is 5.86. The molecule has 0 unspecified atom stereocenters. The molecule has 0 aliphatic carbocycles. The van der Waals surface area contributed by atoms with Gasteiger partial charge in [-0.1, -0.05) is 88.1 Å². The lowest BCUT2D eigenvalue weighted by Crippen LogP contribution is -1.79. The molecule has 0 amide bonds. The molecule has 0 heterocycles. The number of allylic oxidation sites excluding steroid dienone is 1. The lowest BCUT2D eigenvalue weighted by Gasteiger charge is -2.00. The van der Waals surface area contributed by atoms with Crippen molar-refractivity contribution in [1.82, 2.24) is 0 Å². The average Bonchev–Trinajstić information content (AvgIpc) is 2.42. The van der Waals surface area contributed by atoms with Gasteiger partial charge in [0.05, 0.1) is 0 Å². The fraction of sp³-hybridized carbons (Fsp3) is 0.444. The van der Waals surface area contributed by atoms with Crippen molar-refractivity contribution in [3.63, 3.8) is 0 Å². The first-order chi connectivity index (χ1) is 8.88. The summed E-state index contributed by atoms with van der Waals surface area (Å²) < 4.78 is 0. The van der Waals surface area contributed by atoms with Crippen LogP contribution in [0.2, 0.25) is 0 Å². The van der Waals surface area contributed by atoms with Crippen molar-refractivity contribution in [2.24, 2.45) is 0 Å². The number of unbranched alkanes of at least 4 members (excludes halogenated alkanes) is 6. The molecule has 0 radical (unpaired) electrons. The molecule has 0 atom stereocenters. The second kappa shape index (κ2) is 9.70. The van der Waals surface area contributed by atoms with Crippen molar-refractivity contribution in [1.29, 1.82) is 0 Å². The van der Waals surface area contributed by atoms with Crippen LogP contribution in [0.25, 0.3) is 12.2 Å². The minimum atomic E-state index is 1.19. The van der Waals surface area contributed by atoms with Crippen molar-refractivity contribution in [3.05, 3.63) is 48.0 Å². The van der Waals surface area contributed by atoms with E-state index in [0.717, 1.165) is 0 Å². The molecule has 98 valence electrons. The van der Waals surface area contributed by atoms with E-state index in [1.54, 1.807) is 0 Å². The van der Waals surface area contributed by atoms with Gasteiger partial charge in [0.1, 0.15) is 0 Å². The third-order valence-electron chi connectivity index (χ3n) is 3.24.